The van der Waals surface area contributed by atoms with E-state index in [-0.39, 0.29) is 28.6 Å². The lowest BCUT2D eigenvalue weighted by Gasteiger charge is -2.34. The van der Waals surface area contributed by atoms with E-state index in [2.05, 4.69) is 32.7 Å². The molecule has 0 amide bonds. The Labute approximate surface area is 243 Å². The maximum Gasteiger partial charge on any atom is 0.345 e. The van der Waals surface area contributed by atoms with Crippen LogP contribution < -0.4 is 10.4 Å². The molecule has 6 nitrogen and oxygen atoms in total. The van der Waals surface area contributed by atoms with Gasteiger partial charge in [0.1, 0.15) is 11.6 Å². The van der Waals surface area contributed by atoms with Crippen LogP contribution in [-0.4, -0.2) is 24.2 Å². The van der Waals surface area contributed by atoms with Crippen molar-refractivity contribution in [1.82, 2.24) is 4.98 Å². The summed E-state index contributed by atoms with van der Waals surface area (Å²) in [5.74, 6) is 0.328. The van der Waals surface area contributed by atoms with Crippen molar-refractivity contribution in [2.45, 2.75) is 92.9 Å². The fraction of sp³-hybridized carbons (Fsp3) is 0.559. The summed E-state index contributed by atoms with van der Waals surface area (Å²) in [5.41, 5.74) is 0.0495. The number of hydrogen-bond donors (Lipinski definition) is 0. The Morgan fingerprint density at radius 1 is 0.951 bits per heavy atom. The molecule has 1 aromatic carbocycles. The predicted octanol–water partition coefficient (Wildman–Crippen LogP) is 8.75. The van der Waals surface area contributed by atoms with E-state index < -0.39 is 16.9 Å². The van der Waals surface area contributed by atoms with Crippen LogP contribution in [0.2, 0.25) is 0 Å². The molecule has 0 saturated carbocycles. The molecule has 2 heterocycles. The summed E-state index contributed by atoms with van der Waals surface area (Å²) in [6.45, 7) is 13.8. The zero-order valence-corrected chi connectivity index (χ0v) is 25.6. The highest BCUT2D eigenvalue weighted by molar-refractivity contribution is 5.84. The lowest BCUT2D eigenvalue weighted by molar-refractivity contribution is -0.157. The largest absolute Gasteiger partial charge is 0.493 e. The number of carbonyl (C=O) groups is 1. The molecule has 0 saturated heterocycles. The molecule has 224 valence electrons. The van der Waals surface area contributed by atoms with Crippen molar-refractivity contribution in [2.24, 2.45) is 16.7 Å². The second kappa shape index (κ2) is 14.6. The molecule has 0 N–H and O–H groups in total. The minimum absolute atomic E-state index is 0.0939. The van der Waals surface area contributed by atoms with Crippen LogP contribution >= 0.6 is 0 Å². The molecule has 0 aliphatic rings. The van der Waals surface area contributed by atoms with Gasteiger partial charge in [-0.05, 0) is 74.3 Å². The normalized spacial score (nSPS) is 12.9. The number of esters is 1. The highest BCUT2D eigenvalue weighted by atomic mass is 19.1. The number of fused-ring (bicyclic) bond motifs is 1. The molecule has 0 fully saturated rings. The molecule has 3 rings (SSSR count). The zero-order valence-electron chi connectivity index (χ0n) is 25.6. The van der Waals surface area contributed by atoms with Gasteiger partial charge in [-0.15, -0.1) is 0 Å². The third-order valence-corrected chi connectivity index (χ3v) is 7.70. The summed E-state index contributed by atoms with van der Waals surface area (Å²) in [7, 11) is 0. The molecule has 3 aromatic rings. The van der Waals surface area contributed by atoms with E-state index in [1.165, 1.54) is 12.1 Å². The summed E-state index contributed by atoms with van der Waals surface area (Å²) in [4.78, 5) is 29.2. The van der Waals surface area contributed by atoms with Crippen LogP contribution in [0.1, 0.15) is 92.9 Å². The Morgan fingerprint density at radius 2 is 1.61 bits per heavy atom. The van der Waals surface area contributed by atoms with Crippen LogP contribution in [0.15, 0.2) is 51.8 Å². The van der Waals surface area contributed by atoms with E-state index in [0.717, 1.165) is 51.4 Å². The van der Waals surface area contributed by atoms with Crippen LogP contribution in [0.5, 0.6) is 5.75 Å². The molecule has 1 unspecified atom stereocenters. The standard InChI is InChI=1S/C34H46FNO5/c1-24(23-33(2,3)4)34(5,6)32(38)40-20-13-11-9-7-8-10-12-19-39-29-17-18-36-30-28(29)22-27(31(37)41-30)25-15-14-16-26(35)21-25/h14-18,21-22,24H,7-13,19-20,23H2,1-6H3. The molecule has 0 aliphatic carbocycles. The third-order valence-electron chi connectivity index (χ3n) is 7.70. The van der Waals surface area contributed by atoms with Crippen LogP contribution in [-0.2, 0) is 9.53 Å². The smallest absolute Gasteiger partial charge is 0.345 e. The van der Waals surface area contributed by atoms with Crippen LogP contribution in [0.4, 0.5) is 4.39 Å². The lowest BCUT2D eigenvalue weighted by Crippen LogP contribution is -2.35. The minimum atomic E-state index is -0.569. The fourth-order valence-electron chi connectivity index (χ4n) is 4.98. The Balaban J connectivity index is 1.34. The Morgan fingerprint density at radius 3 is 2.27 bits per heavy atom. The molecule has 0 spiro atoms. The van der Waals surface area contributed by atoms with Gasteiger partial charge in [0.2, 0.25) is 5.71 Å². The molecule has 1 atom stereocenters. The molecular weight excluding hydrogens is 521 g/mol. The fourth-order valence-corrected chi connectivity index (χ4v) is 4.98. The SMILES string of the molecule is CC(CC(C)(C)C)C(C)(C)C(=O)OCCCCCCCCCOc1ccnc2oc(=O)c(-c3cccc(F)c3)cc12. The van der Waals surface area contributed by atoms with E-state index in [9.17, 15) is 14.0 Å². The number of unbranched alkanes of at least 4 members (excludes halogenated alkanes) is 6. The number of carbonyl (C=O) groups excluding carboxylic acids is 1. The minimum Gasteiger partial charge on any atom is -0.493 e. The number of ether oxygens (including phenoxy) is 2. The zero-order chi connectivity index (χ0) is 30.0. The quantitative estimate of drug-likeness (QED) is 0.135. The Hall–Kier alpha value is -3.22. The van der Waals surface area contributed by atoms with Gasteiger partial charge in [-0.1, -0.05) is 71.9 Å². The first-order valence-corrected chi connectivity index (χ1v) is 14.9. The van der Waals surface area contributed by atoms with Gasteiger partial charge < -0.3 is 13.9 Å². The Bertz CT molecular complexity index is 1340. The van der Waals surface area contributed by atoms with Crippen LogP contribution in [0.3, 0.4) is 0 Å². The van der Waals surface area contributed by atoms with Gasteiger partial charge in [-0.3, -0.25) is 4.79 Å². The van der Waals surface area contributed by atoms with Crippen molar-refractivity contribution in [3.05, 3.63) is 58.8 Å². The van der Waals surface area contributed by atoms with Crippen molar-refractivity contribution in [3.63, 3.8) is 0 Å². The van der Waals surface area contributed by atoms with E-state index in [1.807, 2.05) is 13.8 Å². The number of aromatic nitrogens is 1. The highest BCUT2D eigenvalue weighted by Gasteiger charge is 2.37. The lowest BCUT2D eigenvalue weighted by atomic mass is 9.72. The number of nitrogens with zero attached hydrogens (tertiary/aromatic N) is 1. The first kappa shape index (κ1) is 32.3. The summed E-state index contributed by atoms with van der Waals surface area (Å²) in [6, 6.07) is 9.26. The van der Waals surface area contributed by atoms with Gasteiger partial charge in [0, 0.05) is 6.20 Å². The number of pyridine rings is 1. The van der Waals surface area contributed by atoms with Crippen molar-refractivity contribution in [3.8, 4) is 16.9 Å². The molecule has 0 aliphatic heterocycles. The Kier molecular flexibility index (Phi) is 11.5. The summed E-state index contributed by atoms with van der Waals surface area (Å²) in [5, 5.41) is 0.583. The molecule has 2 aromatic heterocycles. The van der Waals surface area contributed by atoms with Gasteiger partial charge in [-0.2, -0.15) is 0 Å². The van der Waals surface area contributed by atoms with Crippen LogP contribution in [0.25, 0.3) is 22.2 Å². The van der Waals surface area contributed by atoms with Crippen molar-refractivity contribution >= 4 is 17.1 Å². The molecule has 41 heavy (non-hydrogen) atoms. The van der Waals surface area contributed by atoms with E-state index in [4.69, 9.17) is 13.9 Å². The average molecular weight is 568 g/mol. The van der Waals surface area contributed by atoms with Crippen molar-refractivity contribution < 1.29 is 23.1 Å². The van der Waals surface area contributed by atoms with Gasteiger partial charge >= 0.3 is 11.6 Å². The average Bonchev–Trinajstić information content (AvgIpc) is 2.90. The second-order valence-corrected chi connectivity index (χ2v) is 12.8. The summed E-state index contributed by atoms with van der Waals surface area (Å²) in [6.07, 6.45) is 9.75. The van der Waals surface area contributed by atoms with Gasteiger partial charge in [0.15, 0.2) is 0 Å². The summed E-state index contributed by atoms with van der Waals surface area (Å²) >= 11 is 0. The van der Waals surface area contributed by atoms with E-state index >= 15 is 0 Å². The molecule has 0 radical (unpaired) electrons. The monoisotopic (exact) mass is 567 g/mol. The van der Waals surface area contributed by atoms with Crippen molar-refractivity contribution in [1.29, 1.82) is 0 Å². The van der Waals surface area contributed by atoms with Crippen LogP contribution in [0, 0.1) is 22.6 Å². The first-order chi connectivity index (χ1) is 19.4. The maximum absolute atomic E-state index is 13.7. The van der Waals surface area contributed by atoms with Gasteiger partial charge in [-0.25, -0.2) is 14.2 Å². The first-order valence-electron chi connectivity index (χ1n) is 14.9. The maximum atomic E-state index is 13.7. The van der Waals surface area contributed by atoms with Gasteiger partial charge in [0.05, 0.1) is 29.6 Å². The topological polar surface area (TPSA) is 78.6 Å². The number of rotatable bonds is 15. The third kappa shape index (κ3) is 9.68. The van der Waals surface area contributed by atoms with Gasteiger partial charge in [0.25, 0.3) is 0 Å². The number of benzene rings is 1. The number of halogens is 1. The number of hydrogen-bond acceptors (Lipinski definition) is 6. The van der Waals surface area contributed by atoms with E-state index in [0.29, 0.717) is 29.9 Å². The second-order valence-electron chi connectivity index (χ2n) is 12.8. The molecule has 7 heteroatoms. The predicted molar refractivity (Wildman–Crippen MR) is 161 cm³/mol. The molecule has 0 bridgehead atoms. The highest BCUT2D eigenvalue weighted by Crippen LogP contribution is 2.37. The molecular formula is C34H46FNO5. The van der Waals surface area contributed by atoms with E-state index in [1.54, 1.807) is 30.5 Å². The summed E-state index contributed by atoms with van der Waals surface area (Å²) < 4.78 is 30.7. The van der Waals surface area contributed by atoms with Crippen molar-refractivity contribution in [2.75, 3.05) is 13.2 Å².